The Hall–Kier alpha value is -3.22. The number of halogens is 1. The molecule has 1 saturated heterocycles. The highest BCUT2D eigenvalue weighted by Crippen LogP contribution is 2.36. The third-order valence-electron chi connectivity index (χ3n) is 4.65. The third-order valence-corrected chi connectivity index (χ3v) is 4.65. The first-order chi connectivity index (χ1) is 13.0. The van der Waals surface area contributed by atoms with Crippen LogP contribution in [0, 0.1) is 12.7 Å². The number of carbonyl (C=O) groups excluding carboxylic acids is 1. The van der Waals surface area contributed by atoms with Crippen LogP contribution in [0.1, 0.15) is 23.7 Å². The van der Waals surface area contributed by atoms with Gasteiger partial charge in [-0.3, -0.25) is 4.79 Å². The third kappa shape index (κ3) is 3.28. The van der Waals surface area contributed by atoms with Gasteiger partial charge in [-0.05, 0) is 48.9 Å². The first-order valence-electron chi connectivity index (χ1n) is 8.59. The predicted molar refractivity (Wildman–Crippen MR) is 97.1 cm³/mol. The van der Waals surface area contributed by atoms with Gasteiger partial charge >= 0.3 is 0 Å². The highest BCUT2D eigenvalue weighted by atomic mass is 19.1. The molecule has 0 radical (unpaired) electrons. The molecule has 6 nitrogen and oxygen atoms in total. The minimum absolute atomic E-state index is 0.0166. The second kappa shape index (κ2) is 6.83. The van der Waals surface area contributed by atoms with Crippen LogP contribution in [0.3, 0.4) is 0 Å². The monoisotopic (exact) mass is 367 g/mol. The summed E-state index contributed by atoms with van der Waals surface area (Å²) in [6.07, 6.45) is 0.291. The maximum atomic E-state index is 13.1. The average Bonchev–Trinajstić information content (AvgIpc) is 3.29. The minimum atomic E-state index is -0.331. The second-order valence-corrected chi connectivity index (χ2v) is 6.55. The molecule has 1 fully saturated rings. The lowest BCUT2D eigenvalue weighted by Crippen LogP contribution is -2.25. The van der Waals surface area contributed by atoms with Gasteiger partial charge in [-0.2, -0.15) is 4.98 Å². The topological polar surface area (TPSA) is 68.5 Å². The Balaban J connectivity index is 1.58. The molecule has 1 aromatic heterocycles. The number of hydrogen-bond acceptors (Lipinski definition) is 5. The number of ether oxygens (including phenoxy) is 1. The van der Waals surface area contributed by atoms with Crippen molar-refractivity contribution >= 4 is 11.6 Å². The molecular weight excluding hydrogens is 349 g/mol. The van der Waals surface area contributed by atoms with Crippen LogP contribution >= 0.6 is 0 Å². The zero-order valence-corrected chi connectivity index (χ0v) is 15.0. The summed E-state index contributed by atoms with van der Waals surface area (Å²) in [5.74, 6) is 0.899. The van der Waals surface area contributed by atoms with Crippen molar-refractivity contribution in [3.63, 3.8) is 0 Å². The first-order valence-corrected chi connectivity index (χ1v) is 8.59. The maximum Gasteiger partial charge on any atom is 0.257 e. The Bertz CT molecular complexity index is 984. The Labute approximate surface area is 155 Å². The molecule has 7 heteroatoms. The summed E-state index contributed by atoms with van der Waals surface area (Å²) in [5, 5.41) is 4.03. The molecule has 0 N–H and O–H groups in total. The van der Waals surface area contributed by atoms with Crippen LogP contribution in [-0.2, 0) is 4.79 Å². The average molecular weight is 367 g/mol. The molecule has 1 atom stereocenters. The van der Waals surface area contributed by atoms with Crippen molar-refractivity contribution in [2.24, 2.45) is 0 Å². The molecule has 1 aliphatic rings. The Morgan fingerprint density at radius 2 is 2.00 bits per heavy atom. The molecule has 4 rings (SSSR count). The molecule has 0 spiro atoms. The summed E-state index contributed by atoms with van der Waals surface area (Å²) in [7, 11) is 1.58. The number of hydrogen-bond donors (Lipinski definition) is 0. The number of amides is 1. The van der Waals surface area contributed by atoms with E-state index in [1.54, 1.807) is 24.1 Å². The molecule has 0 bridgehead atoms. The second-order valence-electron chi connectivity index (χ2n) is 6.55. The van der Waals surface area contributed by atoms with Gasteiger partial charge in [0.1, 0.15) is 11.6 Å². The van der Waals surface area contributed by atoms with Gasteiger partial charge in [0.25, 0.3) is 5.89 Å². The standard InChI is InChI=1S/C20H18FN3O3/c1-12-3-8-17(26-2)16(9-12)24-11-14(10-18(24)25)19-22-20(27-23-19)13-4-6-15(21)7-5-13/h3-9,14H,10-11H2,1-2H3. The van der Waals surface area contributed by atoms with Crippen LogP contribution < -0.4 is 9.64 Å². The Morgan fingerprint density at radius 3 is 2.74 bits per heavy atom. The van der Waals surface area contributed by atoms with Gasteiger partial charge in [0.2, 0.25) is 5.91 Å². The van der Waals surface area contributed by atoms with Gasteiger partial charge in [-0.1, -0.05) is 11.2 Å². The SMILES string of the molecule is COc1ccc(C)cc1N1CC(c2noc(-c3ccc(F)cc3)n2)CC1=O. The Morgan fingerprint density at radius 1 is 1.22 bits per heavy atom. The van der Waals surface area contributed by atoms with Crippen LogP contribution in [0.15, 0.2) is 47.0 Å². The van der Waals surface area contributed by atoms with Crippen LogP contribution in [0.5, 0.6) is 5.75 Å². The lowest BCUT2D eigenvalue weighted by Gasteiger charge is -2.19. The van der Waals surface area contributed by atoms with Gasteiger partial charge in [0, 0.05) is 24.4 Å². The molecule has 2 heterocycles. The molecule has 1 unspecified atom stereocenters. The fourth-order valence-corrected chi connectivity index (χ4v) is 3.23. The van der Waals surface area contributed by atoms with Crippen molar-refractivity contribution in [3.05, 3.63) is 59.7 Å². The number of benzene rings is 2. The highest BCUT2D eigenvalue weighted by molar-refractivity contribution is 5.97. The maximum absolute atomic E-state index is 13.1. The number of rotatable bonds is 4. The van der Waals surface area contributed by atoms with Gasteiger partial charge in [-0.25, -0.2) is 4.39 Å². The van der Waals surface area contributed by atoms with Gasteiger partial charge in [0.05, 0.1) is 12.8 Å². The zero-order chi connectivity index (χ0) is 19.0. The summed E-state index contributed by atoms with van der Waals surface area (Å²) in [6.45, 7) is 2.41. The van der Waals surface area contributed by atoms with E-state index in [9.17, 15) is 9.18 Å². The molecule has 1 amide bonds. The van der Waals surface area contributed by atoms with E-state index in [0.29, 0.717) is 36.0 Å². The van der Waals surface area contributed by atoms with Crippen LogP contribution in [-0.4, -0.2) is 29.7 Å². The van der Waals surface area contributed by atoms with Gasteiger partial charge < -0.3 is 14.2 Å². The number of nitrogens with zero attached hydrogens (tertiary/aromatic N) is 3. The van der Waals surface area contributed by atoms with Crippen LogP contribution in [0.4, 0.5) is 10.1 Å². The number of anilines is 1. The smallest absolute Gasteiger partial charge is 0.257 e. The van der Waals surface area contributed by atoms with E-state index >= 15 is 0 Å². The lowest BCUT2D eigenvalue weighted by atomic mass is 10.1. The molecule has 2 aromatic carbocycles. The van der Waals surface area contributed by atoms with E-state index in [-0.39, 0.29) is 17.6 Å². The molecule has 3 aromatic rings. The molecule has 0 aliphatic carbocycles. The largest absolute Gasteiger partial charge is 0.495 e. The molecule has 1 aliphatic heterocycles. The molecular formula is C20H18FN3O3. The van der Waals surface area contributed by atoms with Gasteiger partial charge in [0.15, 0.2) is 5.82 Å². The predicted octanol–water partition coefficient (Wildman–Crippen LogP) is 3.71. The number of methoxy groups -OCH3 is 1. The Kier molecular flexibility index (Phi) is 4.35. The summed E-state index contributed by atoms with van der Waals surface area (Å²) in [6, 6.07) is 11.6. The summed E-state index contributed by atoms with van der Waals surface area (Å²) in [4.78, 5) is 18.7. The zero-order valence-electron chi connectivity index (χ0n) is 15.0. The van der Waals surface area contributed by atoms with Crippen LogP contribution in [0.25, 0.3) is 11.5 Å². The fourth-order valence-electron chi connectivity index (χ4n) is 3.23. The molecule has 27 heavy (non-hydrogen) atoms. The first kappa shape index (κ1) is 17.2. The lowest BCUT2D eigenvalue weighted by molar-refractivity contribution is -0.117. The van der Waals surface area contributed by atoms with Crippen molar-refractivity contribution in [3.8, 4) is 17.2 Å². The summed E-state index contributed by atoms with van der Waals surface area (Å²) >= 11 is 0. The van der Waals surface area contributed by atoms with E-state index in [1.807, 2.05) is 25.1 Å². The molecule has 0 saturated carbocycles. The number of aromatic nitrogens is 2. The molecule has 138 valence electrons. The van der Waals surface area contributed by atoms with Crippen molar-refractivity contribution in [2.75, 3.05) is 18.6 Å². The van der Waals surface area contributed by atoms with E-state index in [1.165, 1.54) is 12.1 Å². The summed E-state index contributed by atoms with van der Waals surface area (Å²) < 4.78 is 23.8. The number of carbonyl (C=O) groups is 1. The van der Waals surface area contributed by atoms with Crippen molar-refractivity contribution in [1.29, 1.82) is 0 Å². The van der Waals surface area contributed by atoms with E-state index in [2.05, 4.69) is 10.1 Å². The van der Waals surface area contributed by atoms with E-state index in [4.69, 9.17) is 9.26 Å². The van der Waals surface area contributed by atoms with Gasteiger partial charge in [-0.15, -0.1) is 0 Å². The van der Waals surface area contributed by atoms with Crippen molar-refractivity contribution in [1.82, 2.24) is 10.1 Å². The van der Waals surface area contributed by atoms with Crippen molar-refractivity contribution in [2.45, 2.75) is 19.3 Å². The normalized spacial score (nSPS) is 16.8. The van der Waals surface area contributed by atoms with Crippen LogP contribution in [0.2, 0.25) is 0 Å². The highest BCUT2D eigenvalue weighted by Gasteiger charge is 2.35. The minimum Gasteiger partial charge on any atom is -0.495 e. The summed E-state index contributed by atoms with van der Waals surface area (Å²) in [5.41, 5.74) is 2.42. The van der Waals surface area contributed by atoms with Crippen molar-refractivity contribution < 1.29 is 18.4 Å². The van der Waals surface area contributed by atoms with E-state index in [0.717, 1.165) is 11.3 Å². The quantitative estimate of drug-likeness (QED) is 0.703. The number of aryl methyl sites for hydroxylation is 1. The fraction of sp³-hybridized carbons (Fsp3) is 0.250. The van der Waals surface area contributed by atoms with E-state index < -0.39 is 0 Å².